The molecule has 2 N–H and O–H groups in total. The maximum absolute atomic E-state index is 9.05. The Kier molecular flexibility index (Phi) is 31.3. The van der Waals surface area contributed by atoms with E-state index < -0.39 is 0 Å². The normalized spacial score (nSPS) is 16.5. The number of aliphatic hydroxyl groups excluding tert-OH is 2. The second kappa shape index (κ2) is 28.9. The van der Waals surface area contributed by atoms with E-state index in [0.29, 0.717) is 25.0 Å². The van der Waals surface area contributed by atoms with Gasteiger partial charge in [0.2, 0.25) is 0 Å². The van der Waals surface area contributed by atoms with Crippen molar-refractivity contribution in [1.82, 2.24) is 0 Å². The van der Waals surface area contributed by atoms with E-state index in [1.54, 1.807) is 0 Å². The third kappa shape index (κ3) is 21.8. The molecule has 0 fully saturated rings. The first-order valence-electron chi connectivity index (χ1n) is 15.8. The average Bonchev–Trinajstić information content (AvgIpc) is 2.90. The standard InChI is InChI=1S/C16H32Br2.C16H34O2/c2*1-4-14(9-11-17)7-8-15(5-2)13-16(6-3)10-12-18/h14-16H,4-13H2,1-3H3;14-18H,4-13H2,1-3H3. The molecule has 4 heteroatoms. The van der Waals surface area contributed by atoms with Gasteiger partial charge >= 0.3 is 0 Å². The Hall–Kier alpha value is 0.880. The predicted molar refractivity (Wildman–Crippen MR) is 171 cm³/mol. The summed E-state index contributed by atoms with van der Waals surface area (Å²) in [5, 5.41) is 20.4. The largest absolute Gasteiger partial charge is 0.396 e. The highest BCUT2D eigenvalue weighted by Gasteiger charge is 2.17. The van der Waals surface area contributed by atoms with Gasteiger partial charge in [0.05, 0.1) is 0 Å². The van der Waals surface area contributed by atoms with Gasteiger partial charge < -0.3 is 10.2 Å². The van der Waals surface area contributed by atoms with Crippen LogP contribution in [0.15, 0.2) is 0 Å². The summed E-state index contributed by atoms with van der Waals surface area (Å²) >= 11 is 7.17. The van der Waals surface area contributed by atoms with Crippen LogP contribution in [0.2, 0.25) is 0 Å². The molecule has 0 radical (unpaired) electrons. The molecule has 36 heavy (non-hydrogen) atoms. The summed E-state index contributed by atoms with van der Waals surface area (Å²) in [6, 6.07) is 0. The third-order valence-corrected chi connectivity index (χ3v) is 9.79. The molecule has 0 aliphatic rings. The molecular weight excluding hydrogens is 576 g/mol. The molecule has 0 amide bonds. The van der Waals surface area contributed by atoms with Crippen molar-refractivity contribution in [2.75, 3.05) is 23.9 Å². The van der Waals surface area contributed by atoms with Gasteiger partial charge in [-0.15, -0.1) is 0 Å². The molecule has 0 aromatic rings. The topological polar surface area (TPSA) is 40.5 Å². The molecule has 0 spiro atoms. The maximum atomic E-state index is 9.05. The second-order valence-corrected chi connectivity index (χ2v) is 12.8. The van der Waals surface area contributed by atoms with Gasteiger partial charge in [0.15, 0.2) is 0 Å². The molecule has 0 aromatic carbocycles. The van der Waals surface area contributed by atoms with Crippen LogP contribution in [0.25, 0.3) is 0 Å². The van der Waals surface area contributed by atoms with Gasteiger partial charge in [-0.1, -0.05) is 138 Å². The van der Waals surface area contributed by atoms with Crippen LogP contribution in [-0.4, -0.2) is 34.1 Å². The summed E-state index contributed by atoms with van der Waals surface area (Å²) in [5.74, 6) is 5.02. The van der Waals surface area contributed by atoms with Gasteiger partial charge in [-0.3, -0.25) is 0 Å². The Morgan fingerprint density at radius 3 is 0.972 bits per heavy atom. The molecule has 0 aliphatic carbocycles. The molecule has 0 aliphatic heterocycles. The van der Waals surface area contributed by atoms with Crippen molar-refractivity contribution in [1.29, 1.82) is 0 Å². The van der Waals surface area contributed by atoms with E-state index in [2.05, 4.69) is 73.4 Å². The minimum Gasteiger partial charge on any atom is -0.396 e. The molecule has 6 atom stereocenters. The van der Waals surface area contributed by atoms with E-state index in [-0.39, 0.29) is 0 Å². The first-order chi connectivity index (χ1) is 17.4. The van der Waals surface area contributed by atoms with Crippen LogP contribution in [0, 0.1) is 35.5 Å². The fourth-order valence-electron chi connectivity index (χ4n) is 5.62. The number of hydrogen-bond donors (Lipinski definition) is 2. The summed E-state index contributed by atoms with van der Waals surface area (Å²) in [7, 11) is 0. The Morgan fingerprint density at radius 2 is 0.639 bits per heavy atom. The van der Waals surface area contributed by atoms with Gasteiger partial charge in [-0.05, 0) is 74.0 Å². The van der Waals surface area contributed by atoms with Crippen molar-refractivity contribution in [3.8, 4) is 0 Å². The van der Waals surface area contributed by atoms with E-state index in [1.807, 2.05) is 0 Å². The molecular formula is C32H66Br2O2. The Labute approximate surface area is 244 Å². The van der Waals surface area contributed by atoms with Crippen molar-refractivity contribution >= 4 is 31.9 Å². The van der Waals surface area contributed by atoms with Gasteiger partial charge in [-0.25, -0.2) is 0 Å². The highest BCUT2D eigenvalue weighted by molar-refractivity contribution is 9.09. The number of hydrogen-bond acceptors (Lipinski definition) is 2. The lowest BCUT2D eigenvalue weighted by Gasteiger charge is -2.23. The lowest BCUT2D eigenvalue weighted by Crippen LogP contribution is -2.12. The minimum absolute atomic E-state index is 0.330. The predicted octanol–water partition coefficient (Wildman–Crippen LogP) is 10.8. The van der Waals surface area contributed by atoms with E-state index >= 15 is 0 Å². The molecule has 6 unspecified atom stereocenters. The van der Waals surface area contributed by atoms with Gasteiger partial charge in [0.1, 0.15) is 0 Å². The maximum Gasteiger partial charge on any atom is 0.0433 e. The average molecular weight is 643 g/mol. The number of halogens is 2. The van der Waals surface area contributed by atoms with Gasteiger partial charge in [0, 0.05) is 23.9 Å². The smallest absolute Gasteiger partial charge is 0.0433 e. The molecule has 0 rings (SSSR count). The van der Waals surface area contributed by atoms with Crippen molar-refractivity contribution in [3.05, 3.63) is 0 Å². The van der Waals surface area contributed by atoms with Crippen LogP contribution in [0.5, 0.6) is 0 Å². The van der Waals surface area contributed by atoms with Crippen LogP contribution in [0.1, 0.15) is 144 Å². The van der Waals surface area contributed by atoms with E-state index in [4.69, 9.17) is 10.2 Å². The summed E-state index contributed by atoms with van der Waals surface area (Å²) in [6.07, 6.45) is 20.4. The lowest BCUT2D eigenvalue weighted by molar-refractivity contribution is 0.216. The molecule has 0 bridgehead atoms. The monoisotopic (exact) mass is 640 g/mol. The summed E-state index contributed by atoms with van der Waals surface area (Å²) in [6.45, 7) is 14.5. The van der Waals surface area contributed by atoms with E-state index in [9.17, 15) is 0 Å². The van der Waals surface area contributed by atoms with Crippen molar-refractivity contribution in [3.63, 3.8) is 0 Å². The summed E-state index contributed by atoms with van der Waals surface area (Å²) in [4.78, 5) is 0. The lowest BCUT2D eigenvalue weighted by atomic mass is 9.83. The van der Waals surface area contributed by atoms with Crippen molar-refractivity contribution in [2.45, 2.75) is 144 Å². The Balaban J connectivity index is 0. The van der Waals surface area contributed by atoms with Crippen molar-refractivity contribution in [2.24, 2.45) is 35.5 Å². The van der Waals surface area contributed by atoms with Crippen LogP contribution >= 0.6 is 31.9 Å². The van der Waals surface area contributed by atoms with Crippen LogP contribution < -0.4 is 0 Å². The van der Waals surface area contributed by atoms with E-state index in [0.717, 1.165) is 36.5 Å². The van der Waals surface area contributed by atoms with Gasteiger partial charge in [0.25, 0.3) is 0 Å². The molecule has 0 aromatic heterocycles. The zero-order chi connectivity index (χ0) is 27.6. The molecule has 0 heterocycles. The zero-order valence-electron chi connectivity index (χ0n) is 25.3. The Morgan fingerprint density at radius 1 is 0.389 bits per heavy atom. The number of aliphatic hydroxyl groups is 2. The zero-order valence-corrected chi connectivity index (χ0v) is 28.4. The molecule has 2 nitrogen and oxygen atoms in total. The number of rotatable bonds is 24. The van der Waals surface area contributed by atoms with Gasteiger partial charge in [-0.2, -0.15) is 0 Å². The quantitative estimate of drug-likeness (QED) is 0.103. The van der Waals surface area contributed by atoms with Crippen LogP contribution in [-0.2, 0) is 0 Å². The molecule has 0 saturated heterocycles. The van der Waals surface area contributed by atoms with Crippen LogP contribution in [0.4, 0.5) is 0 Å². The first kappa shape index (κ1) is 39.0. The fraction of sp³-hybridized carbons (Fsp3) is 1.00. The highest BCUT2D eigenvalue weighted by Crippen LogP contribution is 2.29. The summed E-state index contributed by atoms with van der Waals surface area (Å²) < 4.78 is 0. The molecule has 0 saturated carbocycles. The Bertz CT molecular complexity index is 383. The fourth-order valence-corrected chi connectivity index (χ4v) is 6.91. The highest BCUT2D eigenvalue weighted by atomic mass is 79.9. The minimum atomic E-state index is 0.330. The van der Waals surface area contributed by atoms with E-state index in [1.165, 1.54) is 101 Å². The molecule has 220 valence electrons. The van der Waals surface area contributed by atoms with Crippen LogP contribution in [0.3, 0.4) is 0 Å². The van der Waals surface area contributed by atoms with Crippen molar-refractivity contribution < 1.29 is 10.2 Å². The SMILES string of the molecule is CCC(CCBr)CCC(CC)CC(CC)CCBr.CCC(CCO)CCC(CC)CC(CC)CCO. The summed E-state index contributed by atoms with van der Waals surface area (Å²) in [5.41, 5.74) is 0. The third-order valence-electron chi connectivity index (χ3n) is 8.87. The number of alkyl halides is 2. The second-order valence-electron chi connectivity index (χ2n) is 11.3. The first-order valence-corrected chi connectivity index (χ1v) is 18.0.